The van der Waals surface area contributed by atoms with Gasteiger partial charge in [0.2, 0.25) is 0 Å². The molecule has 1 amide bonds. The molecule has 0 heterocycles. The van der Waals surface area contributed by atoms with E-state index in [1.54, 1.807) is 4.90 Å². The highest BCUT2D eigenvalue weighted by atomic mass is 16.6. The van der Waals surface area contributed by atoms with Crippen LogP contribution in [0.1, 0.15) is 34.6 Å². The number of hydrogen-bond donors (Lipinski definition) is 1. The number of amides is 1. The molecule has 2 N–H and O–H groups in total. The number of ether oxygens (including phenoxy) is 1. The Bertz CT molecular complexity index is 187. The predicted molar refractivity (Wildman–Crippen MR) is 57.1 cm³/mol. The van der Waals surface area contributed by atoms with Crippen LogP contribution in [-0.4, -0.2) is 35.7 Å². The molecule has 14 heavy (non-hydrogen) atoms. The molecule has 0 saturated heterocycles. The van der Waals surface area contributed by atoms with E-state index < -0.39 is 5.60 Å². The molecule has 0 aromatic rings. The van der Waals surface area contributed by atoms with Crippen molar-refractivity contribution in [1.82, 2.24) is 4.90 Å². The molecule has 0 saturated carbocycles. The van der Waals surface area contributed by atoms with Gasteiger partial charge in [0.05, 0.1) is 0 Å². The number of carbonyl (C=O) groups excluding carboxylic acids is 1. The van der Waals surface area contributed by atoms with Crippen molar-refractivity contribution in [3.63, 3.8) is 0 Å². The smallest absolute Gasteiger partial charge is 0.410 e. The molecule has 0 aliphatic carbocycles. The van der Waals surface area contributed by atoms with E-state index in [0.29, 0.717) is 13.1 Å². The number of hydrogen-bond acceptors (Lipinski definition) is 3. The summed E-state index contributed by atoms with van der Waals surface area (Å²) in [6.07, 6.45) is -0.294. The quantitative estimate of drug-likeness (QED) is 0.756. The average molecular weight is 202 g/mol. The van der Waals surface area contributed by atoms with Crippen molar-refractivity contribution >= 4 is 6.09 Å². The van der Waals surface area contributed by atoms with E-state index in [1.807, 2.05) is 34.6 Å². The molecule has 0 bridgehead atoms. The second-order valence-electron chi connectivity index (χ2n) is 4.35. The minimum absolute atomic E-state index is 0.0230. The molecular weight excluding hydrogens is 180 g/mol. The monoisotopic (exact) mass is 202 g/mol. The van der Waals surface area contributed by atoms with Gasteiger partial charge in [0.15, 0.2) is 0 Å². The molecular formula is C10H22N2O2. The largest absolute Gasteiger partial charge is 0.444 e. The van der Waals surface area contributed by atoms with Crippen molar-refractivity contribution in [3.05, 3.63) is 0 Å². The summed E-state index contributed by atoms with van der Waals surface area (Å²) in [5, 5.41) is 0. The van der Waals surface area contributed by atoms with Gasteiger partial charge < -0.3 is 15.4 Å². The molecule has 1 atom stereocenters. The average Bonchev–Trinajstić information content (AvgIpc) is 2.01. The Kier molecular flexibility index (Phi) is 4.91. The van der Waals surface area contributed by atoms with Gasteiger partial charge in [0.1, 0.15) is 5.60 Å². The second-order valence-corrected chi connectivity index (χ2v) is 4.35. The third-order valence-corrected chi connectivity index (χ3v) is 1.84. The van der Waals surface area contributed by atoms with Crippen LogP contribution >= 0.6 is 0 Å². The number of nitrogens with two attached hydrogens (primary N) is 1. The number of rotatable bonds is 3. The van der Waals surface area contributed by atoms with Crippen LogP contribution in [0.15, 0.2) is 0 Å². The zero-order valence-electron chi connectivity index (χ0n) is 9.83. The molecule has 0 aliphatic rings. The Labute approximate surface area is 86.4 Å². The number of nitrogens with zero attached hydrogens (tertiary/aromatic N) is 1. The van der Waals surface area contributed by atoms with Crippen LogP contribution in [0.2, 0.25) is 0 Å². The summed E-state index contributed by atoms with van der Waals surface area (Å²) in [6, 6.07) is 0.0230. The highest BCUT2D eigenvalue weighted by Crippen LogP contribution is 2.11. The van der Waals surface area contributed by atoms with Gasteiger partial charge in [-0.05, 0) is 34.6 Å². The topological polar surface area (TPSA) is 55.6 Å². The van der Waals surface area contributed by atoms with Gasteiger partial charge in [0, 0.05) is 19.1 Å². The first-order valence-corrected chi connectivity index (χ1v) is 5.01. The SMILES string of the molecule is CCN(C(=O)OC(C)(C)C)C(C)CN. The van der Waals surface area contributed by atoms with Crippen LogP contribution in [0.4, 0.5) is 4.79 Å². The molecule has 4 nitrogen and oxygen atoms in total. The molecule has 0 rings (SSSR count). The lowest BCUT2D eigenvalue weighted by molar-refractivity contribution is 0.0195. The summed E-state index contributed by atoms with van der Waals surface area (Å²) < 4.78 is 5.25. The first kappa shape index (κ1) is 13.2. The zero-order valence-corrected chi connectivity index (χ0v) is 9.83. The summed E-state index contributed by atoms with van der Waals surface area (Å²) in [6.45, 7) is 10.5. The fraction of sp³-hybridized carbons (Fsp3) is 0.900. The van der Waals surface area contributed by atoms with E-state index in [4.69, 9.17) is 10.5 Å². The van der Waals surface area contributed by atoms with Crippen LogP contribution in [0, 0.1) is 0 Å². The Morgan fingerprint density at radius 1 is 1.50 bits per heavy atom. The molecule has 0 fully saturated rings. The minimum atomic E-state index is -0.446. The fourth-order valence-corrected chi connectivity index (χ4v) is 1.07. The summed E-state index contributed by atoms with van der Waals surface area (Å²) in [7, 11) is 0. The van der Waals surface area contributed by atoms with E-state index in [0.717, 1.165) is 0 Å². The van der Waals surface area contributed by atoms with Gasteiger partial charge in [-0.15, -0.1) is 0 Å². The Hall–Kier alpha value is -0.770. The molecule has 0 radical (unpaired) electrons. The standard InChI is InChI=1S/C10H22N2O2/c1-6-12(8(2)7-11)9(13)14-10(3,4)5/h8H,6-7,11H2,1-5H3. The van der Waals surface area contributed by atoms with Crippen LogP contribution < -0.4 is 5.73 Å². The van der Waals surface area contributed by atoms with E-state index in [1.165, 1.54) is 0 Å². The molecule has 0 aromatic carbocycles. The highest BCUT2D eigenvalue weighted by Gasteiger charge is 2.23. The summed E-state index contributed by atoms with van der Waals surface area (Å²) in [4.78, 5) is 13.3. The van der Waals surface area contributed by atoms with E-state index in [9.17, 15) is 4.79 Å². The van der Waals surface area contributed by atoms with Crippen molar-refractivity contribution in [3.8, 4) is 0 Å². The van der Waals surface area contributed by atoms with Crippen LogP contribution in [0.25, 0.3) is 0 Å². The second kappa shape index (κ2) is 5.20. The Morgan fingerprint density at radius 2 is 2.00 bits per heavy atom. The first-order chi connectivity index (χ1) is 6.31. The van der Waals surface area contributed by atoms with Crippen LogP contribution in [0.5, 0.6) is 0 Å². The maximum absolute atomic E-state index is 11.6. The van der Waals surface area contributed by atoms with Crippen molar-refractivity contribution < 1.29 is 9.53 Å². The number of carbonyl (C=O) groups is 1. The maximum Gasteiger partial charge on any atom is 0.410 e. The van der Waals surface area contributed by atoms with Crippen molar-refractivity contribution in [2.24, 2.45) is 5.73 Å². The lowest BCUT2D eigenvalue weighted by Crippen LogP contribution is -2.45. The van der Waals surface area contributed by atoms with Gasteiger partial charge in [-0.25, -0.2) is 4.79 Å². The van der Waals surface area contributed by atoms with Gasteiger partial charge in [-0.1, -0.05) is 0 Å². The van der Waals surface area contributed by atoms with Gasteiger partial charge >= 0.3 is 6.09 Å². The molecule has 0 aliphatic heterocycles. The molecule has 4 heteroatoms. The van der Waals surface area contributed by atoms with Gasteiger partial charge in [-0.3, -0.25) is 0 Å². The van der Waals surface area contributed by atoms with Crippen LogP contribution in [0.3, 0.4) is 0 Å². The fourth-order valence-electron chi connectivity index (χ4n) is 1.07. The van der Waals surface area contributed by atoms with E-state index >= 15 is 0 Å². The van der Waals surface area contributed by atoms with Gasteiger partial charge in [-0.2, -0.15) is 0 Å². The zero-order chi connectivity index (χ0) is 11.4. The maximum atomic E-state index is 11.6. The summed E-state index contributed by atoms with van der Waals surface area (Å²) >= 11 is 0. The van der Waals surface area contributed by atoms with E-state index in [2.05, 4.69) is 0 Å². The minimum Gasteiger partial charge on any atom is -0.444 e. The lowest BCUT2D eigenvalue weighted by atomic mass is 10.2. The first-order valence-electron chi connectivity index (χ1n) is 5.01. The summed E-state index contributed by atoms with van der Waals surface area (Å²) in [5.41, 5.74) is 5.06. The van der Waals surface area contributed by atoms with Crippen molar-refractivity contribution in [2.45, 2.75) is 46.3 Å². The Balaban J connectivity index is 4.33. The van der Waals surface area contributed by atoms with E-state index in [-0.39, 0.29) is 12.1 Å². The molecule has 0 aromatic heterocycles. The molecule has 1 unspecified atom stereocenters. The van der Waals surface area contributed by atoms with Gasteiger partial charge in [0.25, 0.3) is 0 Å². The Morgan fingerprint density at radius 3 is 2.29 bits per heavy atom. The third kappa shape index (κ3) is 4.46. The highest BCUT2D eigenvalue weighted by molar-refractivity contribution is 5.68. The van der Waals surface area contributed by atoms with Crippen LogP contribution in [-0.2, 0) is 4.74 Å². The van der Waals surface area contributed by atoms with Crippen molar-refractivity contribution in [1.29, 1.82) is 0 Å². The molecule has 84 valence electrons. The summed E-state index contributed by atoms with van der Waals surface area (Å²) in [5.74, 6) is 0. The molecule has 0 spiro atoms. The normalized spacial score (nSPS) is 13.6. The van der Waals surface area contributed by atoms with Crippen molar-refractivity contribution in [2.75, 3.05) is 13.1 Å². The lowest BCUT2D eigenvalue weighted by Gasteiger charge is -2.30. The predicted octanol–water partition coefficient (Wildman–Crippen LogP) is 1.59. The number of likely N-dealkylation sites (N-methyl/N-ethyl adjacent to an activating group) is 1. The third-order valence-electron chi connectivity index (χ3n) is 1.84.